The fourth-order valence-electron chi connectivity index (χ4n) is 3.40. The van der Waals surface area contributed by atoms with E-state index in [1.807, 2.05) is 6.07 Å². The third-order valence-electron chi connectivity index (χ3n) is 4.66. The maximum absolute atomic E-state index is 13.8. The molecule has 1 aromatic carbocycles. The second-order valence-corrected chi connectivity index (χ2v) is 6.17. The van der Waals surface area contributed by atoms with Crippen molar-refractivity contribution in [3.8, 4) is 0 Å². The summed E-state index contributed by atoms with van der Waals surface area (Å²) in [5, 5.41) is 3.41. The molecule has 2 nitrogen and oxygen atoms in total. The van der Waals surface area contributed by atoms with E-state index in [4.69, 9.17) is 5.73 Å². The van der Waals surface area contributed by atoms with E-state index in [1.165, 1.54) is 38.2 Å². The van der Waals surface area contributed by atoms with Gasteiger partial charge in [-0.05, 0) is 37.3 Å². The predicted molar refractivity (Wildman–Crippen MR) is 83.3 cm³/mol. The van der Waals surface area contributed by atoms with Crippen molar-refractivity contribution in [2.45, 2.75) is 57.4 Å². The van der Waals surface area contributed by atoms with Crippen LogP contribution in [0.4, 0.5) is 10.1 Å². The molecule has 1 fully saturated rings. The first-order chi connectivity index (χ1) is 9.69. The van der Waals surface area contributed by atoms with Crippen molar-refractivity contribution in [1.82, 2.24) is 0 Å². The molecule has 3 N–H and O–H groups in total. The molecule has 0 radical (unpaired) electrons. The number of nitrogens with two attached hydrogens (primary N) is 1. The summed E-state index contributed by atoms with van der Waals surface area (Å²) >= 11 is 0. The Morgan fingerprint density at radius 1 is 1.30 bits per heavy atom. The second kappa shape index (κ2) is 7.07. The third-order valence-corrected chi connectivity index (χ3v) is 4.66. The molecule has 0 saturated heterocycles. The highest BCUT2D eigenvalue weighted by Gasteiger charge is 2.32. The Morgan fingerprint density at radius 3 is 2.80 bits per heavy atom. The zero-order valence-electron chi connectivity index (χ0n) is 12.5. The van der Waals surface area contributed by atoms with Gasteiger partial charge in [-0.25, -0.2) is 4.39 Å². The van der Waals surface area contributed by atoms with E-state index in [0.717, 1.165) is 18.8 Å². The molecule has 1 aliphatic rings. The molecule has 0 aliphatic heterocycles. The Balaban J connectivity index is 2.08. The average Bonchev–Trinajstić information content (AvgIpc) is 2.66. The maximum atomic E-state index is 13.8. The van der Waals surface area contributed by atoms with Crippen molar-refractivity contribution in [3.63, 3.8) is 0 Å². The summed E-state index contributed by atoms with van der Waals surface area (Å²) in [7, 11) is 0. The van der Waals surface area contributed by atoms with Crippen LogP contribution in [0.3, 0.4) is 0 Å². The molecule has 1 aliphatic carbocycles. The summed E-state index contributed by atoms with van der Waals surface area (Å²) in [4.78, 5) is 0. The van der Waals surface area contributed by atoms with E-state index in [1.54, 1.807) is 12.1 Å². The first-order valence-corrected chi connectivity index (χ1v) is 7.92. The van der Waals surface area contributed by atoms with Gasteiger partial charge in [-0.2, -0.15) is 0 Å². The molecular formula is C17H27FN2. The van der Waals surface area contributed by atoms with Gasteiger partial charge in [0.15, 0.2) is 0 Å². The van der Waals surface area contributed by atoms with E-state index >= 15 is 0 Å². The first kappa shape index (κ1) is 15.3. The van der Waals surface area contributed by atoms with Crippen LogP contribution in [0.25, 0.3) is 0 Å². The van der Waals surface area contributed by atoms with Crippen LogP contribution >= 0.6 is 0 Å². The van der Waals surface area contributed by atoms with Gasteiger partial charge in [0.2, 0.25) is 0 Å². The molecule has 3 heteroatoms. The molecule has 1 aromatic rings. The van der Waals surface area contributed by atoms with E-state index in [-0.39, 0.29) is 11.4 Å². The van der Waals surface area contributed by atoms with Gasteiger partial charge in [0, 0.05) is 12.1 Å². The molecule has 2 rings (SSSR count). The molecule has 0 aromatic heterocycles. The van der Waals surface area contributed by atoms with Gasteiger partial charge < -0.3 is 11.1 Å². The number of hydrogen-bond donors (Lipinski definition) is 2. The molecule has 0 spiro atoms. The summed E-state index contributed by atoms with van der Waals surface area (Å²) in [5.74, 6) is 0.630. The van der Waals surface area contributed by atoms with Gasteiger partial charge in [-0.15, -0.1) is 0 Å². The molecule has 0 amide bonds. The molecule has 0 heterocycles. The van der Waals surface area contributed by atoms with Gasteiger partial charge >= 0.3 is 0 Å². The van der Waals surface area contributed by atoms with E-state index in [0.29, 0.717) is 12.2 Å². The highest BCUT2D eigenvalue weighted by molar-refractivity contribution is 5.47. The van der Waals surface area contributed by atoms with Crippen LogP contribution in [0.15, 0.2) is 24.3 Å². The van der Waals surface area contributed by atoms with Crippen LogP contribution in [0, 0.1) is 11.7 Å². The van der Waals surface area contributed by atoms with E-state index < -0.39 is 0 Å². The third kappa shape index (κ3) is 3.72. The van der Waals surface area contributed by atoms with Crippen molar-refractivity contribution in [3.05, 3.63) is 30.1 Å². The molecule has 2 unspecified atom stereocenters. The van der Waals surface area contributed by atoms with Crippen molar-refractivity contribution < 1.29 is 4.39 Å². The van der Waals surface area contributed by atoms with Crippen LogP contribution < -0.4 is 11.1 Å². The number of halogens is 1. The van der Waals surface area contributed by atoms with E-state index in [2.05, 4.69) is 12.2 Å². The van der Waals surface area contributed by atoms with Crippen LogP contribution in [0.2, 0.25) is 0 Å². The van der Waals surface area contributed by atoms with Gasteiger partial charge in [0.05, 0.1) is 5.69 Å². The molecular weight excluding hydrogens is 251 g/mol. The number of para-hydroxylation sites is 1. The Morgan fingerprint density at radius 2 is 2.10 bits per heavy atom. The van der Waals surface area contributed by atoms with Gasteiger partial charge in [-0.3, -0.25) is 0 Å². The lowest BCUT2D eigenvalue weighted by Gasteiger charge is -2.34. The molecule has 112 valence electrons. The quantitative estimate of drug-likeness (QED) is 0.787. The molecule has 0 bridgehead atoms. The minimum absolute atomic E-state index is 0.134. The topological polar surface area (TPSA) is 38.0 Å². The highest BCUT2D eigenvalue weighted by Crippen LogP contribution is 2.34. The van der Waals surface area contributed by atoms with Gasteiger partial charge in [-0.1, -0.05) is 44.7 Å². The maximum Gasteiger partial charge on any atom is 0.146 e. The monoisotopic (exact) mass is 278 g/mol. The lowest BCUT2D eigenvalue weighted by Crippen LogP contribution is -2.45. The number of benzene rings is 1. The fourth-order valence-corrected chi connectivity index (χ4v) is 3.40. The van der Waals surface area contributed by atoms with Crippen LogP contribution in [-0.4, -0.2) is 12.1 Å². The number of anilines is 1. The van der Waals surface area contributed by atoms with E-state index in [9.17, 15) is 4.39 Å². The smallest absolute Gasteiger partial charge is 0.146 e. The highest BCUT2D eigenvalue weighted by atomic mass is 19.1. The van der Waals surface area contributed by atoms with Crippen LogP contribution in [0.1, 0.15) is 51.9 Å². The minimum Gasteiger partial charge on any atom is -0.376 e. The normalized spacial score (nSPS) is 27.1. The summed E-state index contributed by atoms with van der Waals surface area (Å²) < 4.78 is 13.8. The second-order valence-electron chi connectivity index (χ2n) is 6.17. The zero-order chi connectivity index (χ0) is 14.4. The van der Waals surface area contributed by atoms with Crippen molar-refractivity contribution in [2.24, 2.45) is 11.7 Å². The number of hydrogen-bond acceptors (Lipinski definition) is 2. The standard InChI is InChI=1S/C17H27FN2/c1-2-6-14-7-5-11-17(13-19,12-10-14)20-16-9-4-3-8-15(16)18/h3-4,8-9,14,20H,2,5-7,10-13,19H2,1H3. The summed E-state index contributed by atoms with van der Waals surface area (Å²) in [6, 6.07) is 6.90. The van der Waals surface area contributed by atoms with Crippen molar-refractivity contribution >= 4 is 5.69 Å². The van der Waals surface area contributed by atoms with Crippen LogP contribution in [0.5, 0.6) is 0 Å². The zero-order valence-corrected chi connectivity index (χ0v) is 12.5. The molecule has 2 atom stereocenters. The lowest BCUT2D eigenvalue weighted by molar-refractivity contribution is 0.388. The van der Waals surface area contributed by atoms with Gasteiger partial charge in [0.25, 0.3) is 0 Å². The predicted octanol–water partition coefficient (Wildman–Crippen LogP) is 4.32. The Kier molecular flexibility index (Phi) is 5.41. The fraction of sp³-hybridized carbons (Fsp3) is 0.647. The largest absolute Gasteiger partial charge is 0.376 e. The summed E-state index contributed by atoms with van der Waals surface area (Å²) in [6.45, 7) is 2.82. The summed E-state index contributed by atoms with van der Waals surface area (Å²) in [5.41, 5.74) is 6.50. The number of rotatable bonds is 5. The minimum atomic E-state index is -0.185. The molecule has 1 saturated carbocycles. The van der Waals surface area contributed by atoms with Crippen molar-refractivity contribution in [1.29, 1.82) is 0 Å². The average molecular weight is 278 g/mol. The number of nitrogens with one attached hydrogen (secondary N) is 1. The van der Waals surface area contributed by atoms with Gasteiger partial charge in [0.1, 0.15) is 5.82 Å². The Bertz CT molecular complexity index is 421. The first-order valence-electron chi connectivity index (χ1n) is 7.92. The Labute approximate surface area is 121 Å². The van der Waals surface area contributed by atoms with Crippen LogP contribution in [-0.2, 0) is 0 Å². The summed E-state index contributed by atoms with van der Waals surface area (Å²) in [6.07, 6.45) is 8.31. The Hall–Kier alpha value is -1.09. The SMILES string of the molecule is CCCC1CCCC(CN)(Nc2ccccc2F)CC1. The van der Waals surface area contributed by atoms with Crippen molar-refractivity contribution in [2.75, 3.05) is 11.9 Å². The lowest BCUT2D eigenvalue weighted by atomic mass is 9.88. The molecule has 20 heavy (non-hydrogen) atoms.